The van der Waals surface area contributed by atoms with Crippen molar-refractivity contribution in [3.05, 3.63) is 45.6 Å². The minimum Gasteiger partial charge on any atom is -0.494 e. The minimum absolute atomic E-state index is 0.161. The number of amides is 1. The average Bonchev–Trinajstić information content (AvgIpc) is 3.04. The summed E-state index contributed by atoms with van der Waals surface area (Å²) in [6.45, 7) is 3.24. The first kappa shape index (κ1) is 20.3. The molecule has 28 heavy (non-hydrogen) atoms. The van der Waals surface area contributed by atoms with Crippen LogP contribution in [0.2, 0.25) is 0 Å². The van der Waals surface area contributed by atoms with E-state index in [-0.39, 0.29) is 18.2 Å². The number of thiophene rings is 1. The fourth-order valence-corrected chi connectivity index (χ4v) is 4.74. The number of hydrogen-bond donors (Lipinski definition) is 1. The molecule has 1 heterocycles. The lowest BCUT2D eigenvalue weighted by molar-refractivity contribution is -0.117. The number of hydrogen-bond acceptors (Lipinski definition) is 5. The Morgan fingerprint density at radius 2 is 2.18 bits per heavy atom. The summed E-state index contributed by atoms with van der Waals surface area (Å²) < 4.78 is 18.8. The molecule has 5 nitrogen and oxygen atoms in total. The molecule has 0 atom stereocenters. The van der Waals surface area contributed by atoms with Crippen molar-refractivity contribution in [1.82, 2.24) is 4.90 Å². The maximum Gasteiger partial charge on any atom is 0.239 e. The molecule has 1 aliphatic rings. The second-order valence-electron chi connectivity index (χ2n) is 6.85. The molecule has 1 amide bonds. The highest BCUT2D eigenvalue weighted by atomic mass is 32.1. The lowest BCUT2D eigenvalue weighted by Gasteiger charge is -2.20. The second-order valence-corrected chi connectivity index (χ2v) is 7.95. The van der Waals surface area contributed by atoms with E-state index in [0.29, 0.717) is 23.7 Å². The summed E-state index contributed by atoms with van der Waals surface area (Å²) in [5.41, 5.74) is 2.50. The van der Waals surface area contributed by atoms with Crippen LogP contribution < -0.4 is 10.1 Å². The number of nitriles is 1. The SMILES string of the molecule is CCN(CC(=O)Nc1sc2c(c1C#N)CCCC2)Cc1ccc(OC)c(F)c1. The van der Waals surface area contributed by atoms with Gasteiger partial charge in [0.25, 0.3) is 0 Å². The number of anilines is 1. The van der Waals surface area contributed by atoms with Crippen LogP contribution in [0.15, 0.2) is 18.2 Å². The van der Waals surface area contributed by atoms with E-state index in [0.717, 1.165) is 36.8 Å². The zero-order valence-corrected chi connectivity index (χ0v) is 17.0. The Morgan fingerprint density at radius 1 is 1.39 bits per heavy atom. The molecule has 1 aliphatic carbocycles. The molecule has 1 aromatic carbocycles. The first-order chi connectivity index (χ1) is 13.5. The molecule has 2 aromatic rings. The van der Waals surface area contributed by atoms with E-state index in [1.807, 2.05) is 11.8 Å². The van der Waals surface area contributed by atoms with Crippen LogP contribution in [0.25, 0.3) is 0 Å². The highest BCUT2D eigenvalue weighted by Gasteiger charge is 2.22. The minimum atomic E-state index is -0.414. The van der Waals surface area contributed by atoms with E-state index in [2.05, 4.69) is 11.4 Å². The van der Waals surface area contributed by atoms with E-state index in [4.69, 9.17) is 4.74 Å². The lowest BCUT2D eigenvalue weighted by Crippen LogP contribution is -2.32. The summed E-state index contributed by atoms with van der Waals surface area (Å²) in [5.74, 6) is -0.371. The molecule has 0 unspecified atom stereocenters. The highest BCUT2D eigenvalue weighted by molar-refractivity contribution is 7.16. The number of halogens is 1. The Balaban J connectivity index is 1.65. The molecule has 0 radical (unpaired) electrons. The van der Waals surface area contributed by atoms with Gasteiger partial charge in [0.05, 0.1) is 19.2 Å². The van der Waals surface area contributed by atoms with Crippen LogP contribution in [0.5, 0.6) is 5.75 Å². The van der Waals surface area contributed by atoms with Crippen LogP contribution in [0.3, 0.4) is 0 Å². The van der Waals surface area contributed by atoms with Crippen LogP contribution in [-0.4, -0.2) is 31.0 Å². The molecule has 148 valence electrons. The molecule has 0 saturated carbocycles. The van der Waals surface area contributed by atoms with E-state index in [9.17, 15) is 14.4 Å². The van der Waals surface area contributed by atoms with Gasteiger partial charge in [-0.1, -0.05) is 13.0 Å². The predicted molar refractivity (Wildman–Crippen MR) is 108 cm³/mol. The van der Waals surface area contributed by atoms with Gasteiger partial charge in [0, 0.05) is 11.4 Å². The Morgan fingerprint density at radius 3 is 2.86 bits per heavy atom. The molecule has 0 saturated heterocycles. The summed E-state index contributed by atoms with van der Waals surface area (Å²) in [6.07, 6.45) is 4.12. The van der Waals surface area contributed by atoms with Crippen molar-refractivity contribution in [3.63, 3.8) is 0 Å². The molecule has 0 spiro atoms. The maximum atomic E-state index is 13.9. The molecule has 3 rings (SSSR count). The van der Waals surface area contributed by atoms with Crippen molar-refractivity contribution >= 4 is 22.2 Å². The van der Waals surface area contributed by atoms with Gasteiger partial charge in [0.1, 0.15) is 11.1 Å². The van der Waals surface area contributed by atoms with Crippen molar-refractivity contribution < 1.29 is 13.9 Å². The smallest absolute Gasteiger partial charge is 0.239 e. The third-order valence-electron chi connectivity index (χ3n) is 4.97. The fourth-order valence-electron chi connectivity index (χ4n) is 3.49. The zero-order chi connectivity index (χ0) is 20.1. The summed E-state index contributed by atoms with van der Waals surface area (Å²) in [6, 6.07) is 7.08. The first-order valence-electron chi connectivity index (χ1n) is 9.45. The van der Waals surface area contributed by atoms with Crippen LogP contribution in [0, 0.1) is 17.1 Å². The topological polar surface area (TPSA) is 65.4 Å². The Hall–Kier alpha value is -2.43. The third kappa shape index (κ3) is 4.51. The van der Waals surface area contributed by atoms with Crippen LogP contribution in [-0.2, 0) is 24.2 Å². The van der Waals surface area contributed by atoms with Gasteiger partial charge in [-0.05, 0) is 55.5 Å². The number of nitrogens with one attached hydrogen (secondary N) is 1. The molecule has 7 heteroatoms. The Labute approximate surface area is 168 Å². The summed E-state index contributed by atoms with van der Waals surface area (Å²) in [5, 5.41) is 13.1. The van der Waals surface area contributed by atoms with Crippen molar-refractivity contribution in [1.29, 1.82) is 5.26 Å². The van der Waals surface area contributed by atoms with Crippen molar-refractivity contribution in [3.8, 4) is 11.8 Å². The monoisotopic (exact) mass is 401 g/mol. The number of aryl methyl sites for hydroxylation is 1. The van der Waals surface area contributed by atoms with Crippen LogP contribution in [0.4, 0.5) is 9.39 Å². The molecule has 1 aromatic heterocycles. The number of carbonyl (C=O) groups excluding carboxylic acids is 1. The van der Waals surface area contributed by atoms with Crippen LogP contribution in [0.1, 0.15) is 41.3 Å². The fraction of sp³-hybridized carbons (Fsp3) is 0.429. The summed E-state index contributed by atoms with van der Waals surface area (Å²) >= 11 is 1.52. The summed E-state index contributed by atoms with van der Waals surface area (Å²) in [4.78, 5) is 15.7. The molecular formula is C21H24FN3O2S. The lowest BCUT2D eigenvalue weighted by atomic mass is 9.96. The molecular weight excluding hydrogens is 377 g/mol. The zero-order valence-electron chi connectivity index (χ0n) is 16.2. The van der Waals surface area contributed by atoms with Gasteiger partial charge in [0.2, 0.25) is 5.91 Å². The Kier molecular flexibility index (Phi) is 6.65. The number of methoxy groups -OCH3 is 1. The van der Waals surface area contributed by atoms with Gasteiger partial charge in [-0.15, -0.1) is 11.3 Å². The van der Waals surface area contributed by atoms with Gasteiger partial charge in [-0.3, -0.25) is 9.69 Å². The van der Waals surface area contributed by atoms with Gasteiger partial charge in [-0.25, -0.2) is 4.39 Å². The van der Waals surface area contributed by atoms with E-state index < -0.39 is 5.82 Å². The largest absolute Gasteiger partial charge is 0.494 e. The molecule has 0 bridgehead atoms. The number of nitrogens with zero attached hydrogens (tertiary/aromatic N) is 2. The first-order valence-corrected chi connectivity index (χ1v) is 10.3. The van der Waals surface area contributed by atoms with E-state index in [1.54, 1.807) is 12.1 Å². The standard InChI is InChI=1S/C21H24FN3O2S/c1-3-25(12-14-8-9-18(27-2)17(22)10-14)13-20(26)24-21-16(11-23)15-6-4-5-7-19(15)28-21/h8-10H,3-7,12-13H2,1-2H3,(H,24,26). The maximum absolute atomic E-state index is 13.9. The quantitative estimate of drug-likeness (QED) is 0.758. The van der Waals surface area contributed by atoms with E-state index in [1.165, 1.54) is 29.4 Å². The number of carbonyl (C=O) groups is 1. The number of likely N-dealkylation sites (N-methyl/N-ethyl adjacent to an activating group) is 1. The van der Waals surface area contributed by atoms with Crippen LogP contribution >= 0.6 is 11.3 Å². The molecule has 1 N–H and O–H groups in total. The van der Waals surface area contributed by atoms with E-state index >= 15 is 0 Å². The summed E-state index contributed by atoms with van der Waals surface area (Å²) in [7, 11) is 1.43. The number of ether oxygens (including phenoxy) is 1. The van der Waals surface area contributed by atoms with Gasteiger partial charge in [0.15, 0.2) is 11.6 Å². The van der Waals surface area contributed by atoms with Crippen molar-refractivity contribution in [2.75, 3.05) is 25.5 Å². The van der Waals surface area contributed by atoms with Crippen molar-refractivity contribution in [2.45, 2.75) is 39.2 Å². The Bertz CT molecular complexity index is 904. The third-order valence-corrected chi connectivity index (χ3v) is 6.18. The van der Waals surface area contributed by atoms with Gasteiger partial charge in [-0.2, -0.15) is 5.26 Å². The average molecular weight is 402 g/mol. The molecule has 0 fully saturated rings. The number of rotatable bonds is 7. The normalized spacial score (nSPS) is 13.1. The highest BCUT2D eigenvalue weighted by Crippen LogP contribution is 2.37. The second kappa shape index (κ2) is 9.18. The van der Waals surface area contributed by atoms with Gasteiger partial charge >= 0.3 is 0 Å². The predicted octanol–water partition coefficient (Wildman–Crippen LogP) is 4.11. The van der Waals surface area contributed by atoms with Crippen molar-refractivity contribution in [2.24, 2.45) is 0 Å². The number of fused-ring (bicyclic) bond motifs is 1. The number of benzene rings is 1. The van der Waals surface area contributed by atoms with Gasteiger partial charge < -0.3 is 10.1 Å². The molecule has 0 aliphatic heterocycles.